The van der Waals surface area contributed by atoms with Gasteiger partial charge in [-0.3, -0.25) is 4.79 Å². The highest BCUT2D eigenvalue weighted by Crippen LogP contribution is 2.33. The third-order valence-corrected chi connectivity index (χ3v) is 3.56. The van der Waals surface area contributed by atoms with Crippen molar-refractivity contribution in [1.82, 2.24) is 0 Å². The maximum Gasteiger partial charge on any atom is 0.345 e. The van der Waals surface area contributed by atoms with Gasteiger partial charge in [0.1, 0.15) is 23.6 Å². The fourth-order valence-corrected chi connectivity index (χ4v) is 2.54. The molecule has 2 aliphatic rings. The first-order valence-corrected chi connectivity index (χ1v) is 6.30. The molecule has 0 aromatic rings. The van der Waals surface area contributed by atoms with Crippen molar-refractivity contribution >= 4 is 11.8 Å². The van der Waals surface area contributed by atoms with Crippen molar-refractivity contribution in [3.63, 3.8) is 0 Å². The van der Waals surface area contributed by atoms with Gasteiger partial charge < -0.3 is 9.84 Å². The van der Waals surface area contributed by atoms with E-state index in [9.17, 15) is 19.1 Å². The molecule has 1 saturated carbocycles. The van der Waals surface area contributed by atoms with Gasteiger partial charge in [0.15, 0.2) is 5.78 Å². The Morgan fingerprint density at radius 2 is 1.89 bits per heavy atom. The van der Waals surface area contributed by atoms with Gasteiger partial charge in [-0.15, -0.1) is 0 Å². The van der Waals surface area contributed by atoms with Gasteiger partial charge in [0.2, 0.25) is 0 Å². The third-order valence-electron chi connectivity index (χ3n) is 3.56. The van der Waals surface area contributed by atoms with E-state index in [1.165, 1.54) is 0 Å². The molecule has 0 bridgehead atoms. The molecular weight excluding hydrogens is 239 g/mol. The number of allylic oxidation sites excluding steroid dienone is 1. The highest BCUT2D eigenvalue weighted by atomic mass is 19.1. The zero-order valence-corrected chi connectivity index (χ0v) is 10.3. The van der Waals surface area contributed by atoms with E-state index in [0.717, 1.165) is 0 Å². The quantitative estimate of drug-likeness (QED) is 0.338. The predicted molar refractivity (Wildman–Crippen MR) is 61.7 cm³/mol. The monoisotopic (exact) mass is 256 g/mol. The Morgan fingerprint density at radius 1 is 1.28 bits per heavy atom. The van der Waals surface area contributed by atoms with Crippen LogP contribution in [0, 0.1) is 5.92 Å². The molecule has 100 valence electrons. The topological polar surface area (TPSA) is 63.6 Å². The number of hydrogen-bond acceptors (Lipinski definition) is 4. The Kier molecular flexibility index (Phi) is 3.68. The molecule has 0 spiro atoms. The maximum absolute atomic E-state index is 13.0. The van der Waals surface area contributed by atoms with Crippen LogP contribution in [0.15, 0.2) is 11.3 Å². The van der Waals surface area contributed by atoms with Crippen molar-refractivity contribution in [1.29, 1.82) is 0 Å². The van der Waals surface area contributed by atoms with Crippen molar-refractivity contribution in [2.24, 2.45) is 5.92 Å². The molecule has 0 aromatic heterocycles. The lowest BCUT2D eigenvalue weighted by molar-refractivity contribution is -0.150. The number of aliphatic hydroxyl groups is 1. The first-order chi connectivity index (χ1) is 8.49. The van der Waals surface area contributed by atoms with E-state index in [-0.39, 0.29) is 29.5 Å². The second kappa shape index (κ2) is 5.08. The van der Waals surface area contributed by atoms with Crippen molar-refractivity contribution in [2.45, 2.75) is 51.3 Å². The van der Waals surface area contributed by atoms with Gasteiger partial charge in [0.05, 0.1) is 0 Å². The lowest BCUT2D eigenvalue weighted by Crippen LogP contribution is -2.33. The van der Waals surface area contributed by atoms with Crippen molar-refractivity contribution < 1.29 is 23.8 Å². The second-order valence-electron chi connectivity index (χ2n) is 5.05. The van der Waals surface area contributed by atoms with Crippen LogP contribution in [0.1, 0.15) is 39.0 Å². The number of carbonyl (C=O) groups excluding carboxylic acids is 2. The molecule has 0 aromatic carbocycles. The summed E-state index contributed by atoms with van der Waals surface area (Å²) in [6, 6.07) is 0. The summed E-state index contributed by atoms with van der Waals surface area (Å²) in [4.78, 5) is 23.4. The number of ether oxygens (including phenoxy) is 1. The zero-order chi connectivity index (χ0) is 13.3. The molecule has 1 saturated heterocycles. The van der Waals surface area contributed by atoms with Crippen LogP contribution in [0.2, 0.25) is 0 Å². The van der Waals surface area contributed by atoms with Crippen LogP contribution >= 0.6 is 0 Å². The fourth-order valence-electron chi connectivity index (χ4n) is 2.54. The van der Waals surface area contributed by atoms with Crippen LogP contribution in [0.3, 0.4) is 0 Å². The molecule has 1 atom stereocenters. The predicted octanol–water partition coefficient (Wildman–Crippen LogP) is 2.23. The molecule has 0 unspecified atom stereocenters. The minimum absolute atomic E-state index is 0.101. The summed E-state index contributed by atoms with van der Waals surface area (Å²) in [7, 11) is 0. The van der Waals surface area contributed by atoms with Gasteiger partial charge in [-0.1, -0.05) is 0 Å². The average molecular weight is 256 g/mol. The lowest BCUT2D eigenvalue weighted by atomic mass is 9.84. The molecule has 1 N–H and O–H groups in total. The van der Waals surface area contributed by atoms with Crippen LogP contribution in [-0.4, -0.2) is 29.1 Å². The Labute approximate surface area is 105 Å². The molecular formula is C13H17FO4. The lowest BCUT2D eigenvalue weighted by Gasteiger charge is -2.26. The van der Waals surface area contributed by atoms with Crippen molar-refractivity contribution in [3.05, 3.63) is 11.3 Å². The highest BCUT2D eigenvalue weighted by molar-refractivity contribution is 6.19. The normalized spacial score (nSPS) is 36.2. The van der Waals surface area contributed by atoms with Crippen LogP contribution < -0.4 is 0 Å². The summed E-state index contributed by atoms with van der Waals surface area (Å²) in [6.45, 7) is 1.64. The number of aliphatic hydroxyl groups excluding tert-OH is 1. The largest absolute Gasteiger partial charge is 0.511 e. The zero-order valence-electron chi connectivity index (χ0n) is 10.3. The molecule has 5 heteroatoms. The Bertz CT molecular complexity index is 374. The first-order valence-electron chi connectivity index (χ1n) is 6.30. The van der Waals surface area contributed by atoms with Gasteiger partial charge in [0, 0.05) is 12.3 Å². The number of Topliss-reactive ketones (excluding diaryl/α,β-unsaturated/α-hetero) is 1. The number of alkyl halides is 1. The van der Waals surface area contributed by atoms with Crippen molar-refractivity contribution in [2.75, 3.05) is 0 Å². The van der Waals surface area contributed by atoms with E-state index < -0.39 is 18.2 Å². The van der Waals surface area contributed by atoms with E-state index in [2.05, 4.69) is 0 Å². The van der Waals surface area contributed by atoms with E-state index in [1.54, 1.807) is 6.92 Å². The minimum atomic E-state index is -0.840. The van der Waals surface area contributed by atoms with E-state index in [4.69, 9.17) is 4.74 Å². The number of rotatable bonds is 1. The molecule has 1 aliphatic carbocycles. The average Bonchev–Trinajstić information content (AvgIpc) is 2.28. The van der Waals surface area contributed by atoms with E-state index in [0.29, 0.717) is 25.7 Å². The number of esters is 1. The smallest absolute Gasteiger partial charge is 0.345 e. The minimum Gasteiger partial charge on any atom is -0.511 e. The summed E-state index contributed by atoms with van der Waals surface area (Å²) < 4.78 is 18.0. The molecule has 4 nitrogen and oxygen atoms in total. The van der Waals surface area contributed by atoms with Gasteiger partial charge in [-0.2, -0.15) is 0 Å². The first kappa shape index (κ1) is 13.1. The van der Waals surface area contributed by atoms with Crippen LogP contribution in [0.4, 0.5) is 4.39 Å². The SMILES string of the molecule is C[C@@H]1CC(=O)/C(=C(\O)C2CCC(F)CC2)C(=O)O1. The van der Waals surface area contributed by atoms with Gasteiger partial charge >= 0.3 is 5.97 Å². The van der Waals surface area contributed by atoms with Gasteiger partial charge in [-0.25, -0.2) is 9.18 Å². The summed E-state index contributed by atoms with van der Waals surface area (Å²) in [5.74, 6) is -1.63. The molecule has 0 radical (unpaired) electrons. The Hall–Kier alpha value is -1.39. The summed E-state index contributed by atoms with van der Waals surface area (Å²) in [6.07, 6.45) is 0.475. The summed E-state index contributed by atoms with van der Waals surface area (Å²) in [5, 5.41) is 10.0. The molecule has 2 rings (SSSR count). The maximum atomic E-state index is 13.0. The van der Waals surface area contributed by atoms with Crippen LogP contribution in [-0.2, 0) is 14.3 Å². The van der Waals surface area contributed by atoms with Crippen LogP contribution in [0.25, 0.3) is 0 Å². The van der Waals surface area contributed by atoms with Gasteiger partial charge in [0.25, 0.3) is 0 Å². The number of carbonyl (C=O) groups is 2. The van der Waals surface area contributed by atoms with E-state index >= 15 is 0 Å². The van der Waals surface area contributed by atoms with Crippen molar-refractivity contribution in [3.8, 4) is 0 Å². The number of hydrogen-bond donors (Lipinski definition) is 1. The third kappa shape index (κ3) is 2.54. The number of cyclic esters (lactones) is 1. The number of ketones is 1. The summed E-state index contributed by atoms with van der Waals surface area (Å²) in [5.41, 5.74) is -0.226. The van der Waals surface area contributed by atoms with Gasteiger partial charge in [-0.05, 0) is 32.6 Å². The highest BCUT2D eigenvalue weighted by Gasteiger charge is 2.36. The summed E-state index contributed by atoms with van der Waals surface area (Å²) >= 11 is 0. The Balaban J connectivity index is 2.18. The molecule has 1 heterocycles. The fraction of sp³-hybridized carbons (Fsp3) is 0.692. The molecule has 18 heavy (non-hydrogen) atoms. The molecule has 2 fully saturated rings. The number of halogens is 1. The molecule has 0 amide bonds. The Morgan fingerprint density at radius 3 is 2.44 bits per heavy atom. The van der Waals surface area contributed by atoms with Crippen LogP contribution in [0.5, 0.6) is 0 Å². The molecule has 1 aliphatic heterocycles. The standard InChI is InChI=1S/C13H17FO4/c1-7-6-10(15)11(13(17)18-7)12(16)8-2-4-9(14)5-3-8/h7-9,16H,2-6H2,1H3/b12-11+/t7-,8?,9?/m1/s1. The second-order valence-corrected chi connectivity index (χ2v) is 5.05. The van der Waals surface area contributed by atoms with E-state index in [1.807, 2.05) is 0 Å².